The van der Waals surface area contributed by atoms with Crippen molar-refractivity contribution in [3.63, 3.8) is 0 Å². The van der Waals surface area contributed by atoms with E-state index in [9.17, 15) is 4.79 Å². The fourth-order valence-corrected chi connectivity index (χ4v) is 7.01. The number of anilines is 1. The van der Waals surface area contributed by atoms with Gasteiger partial charge in [0, 0.05) is 42.5 Å². The fourth-order valence-electron chi connectivity index (χ4n) is 7.01. The van der Waals surface area contributed by atoms with Crippen molar-refractivity contribution in [1.29, 1.82) is 0 Å². The summed E-state index contributed by atoms with van der Waals surface area (Å²) in [7, 11) is 1.50. The number of fused-ring (bicyclic) bond motifs is 1. The first-order valence-electron chi connectivity index (χ1n) is 15.6. The van der Waals surface area contributed by atoms with Gasteiger partial charge in [-0.3, -0.25) is 14.3 Å². The molecule has 2 fully saturated rings. The first kappa shape index (κ1) is 28.2. The van der Waals surface area contributed by atoms with Crippen LogP contribution in [-0.2, 0) is 9.53 Å². The predicted molar refractivity (Wildman–Crippen MR) is 173 cm³/mol. The molecule has 0 spiro atoms. The molecule has 1 saturated heterocycles. The average Bonchev–Trinajstić information content (AvgIpc) is 3.43. The molecule has 0 amide bonds. The van der Waals surface area contributed by atoms with Gasteiger partial charge in [-0.1, -0.05) is 42.5 Å². The van der Waals surface area contributed by atoms with Gasteiger partial charge in [0.2, 0.25) is 0 Å². The van der Waals surface area contributed by atoms with E-state index in [-0.39, 0.29) is 11.9 Å². The number of hydrogen-bond donors (Lipinski definition) is 1. The number of aromatic nitrogens is 4. The molecule has 2 aromatic carbocycles. The molecule has 7 rings (SSSR count). The third-order valence-corrected chi connectivity index (χ3v) is 9.75. The molecule has 1 saturated carbocycles. The monoisotopic (exact) mass is 586 g/mol. The largest absolute Gasteiger partial charge is 0.469 e. The zero-order valence-electron chi connectivity index (χ0n) is 25.3. The van der Waals surface area contributed by atoms with E-state index in [2.05, 4.69) is 57.8 Å². The lowest BCUT2D eigenvalue weighted by Gasteiger charge is -2.47. The molecule has 0 bridgehead atoms. The van der Waals surface area contributed by atoms with Crippen molar-refractivity contribution in [2.75, 3.05) is 25.9 Å². The molecule has 1 aliphatic carbocycles. The highest BCUT2D eigenvalue weighted by Gasteiger charge is 2.37. The smallest absolute Gasteiger partial charge is 0.308 e. The molecular weight excluding hydrogens is 548 g/mol. The molecule has 0 radical (unpaired) electrons. The maximum atomic E-state index is 11.9. The number of imidazole rings is 1. The minimum absolute atomic E-state index is 0.0457. The van der Waals surface area contributed by atoms with Gasteiger partial charge in [0.05, 0.1) is 24.3 Å². The maximum absolute atomic E-state index is 11.9. The number of likely N-dealkylation sites (tertiary alicyclic amines) is 1. The van der Waals surface area contributed by atoms with E-state index < -0.39 is 0 Å². The van der Waals surface area contributed by atoms with Crippen molar-refractivity contribution in [1.82, 2.24) is 24.4 Å². The number of esters is 1. The lowest BCUT2D eigenvalue weighted by atomic mass is 9.77. The molecule has 1 aliphatic heterocycles. The van der Waals surface area contributed by atoms with E-state index in [1.54, 1.807) is 6.20 Å². The quantitative estimate of drug-likeness (QED) is 0.217. The highest BCUT2D eigenvalue weighted by atomic mass is 16.5. The number of hydrogen-bond acceptors (Lipinski definition) is 7. The number of nitrogens with two attached hydrogens (primary N) is 1. The van der Waals surface area contributed by atoms with Crippen LogP contribution in [0.4, 0.5) is 5.82 Å². The SMILES string of the molecule is COC(=O)C1CCC([C@@H](C)N2CC(c3ccc(-n4c(-c5cccnc5N)nc5ccc(-c6ccccc6)nc54)cc3)C2)CC1. The molecule has 2 N–H and O–H groups in total. The van der Waals surface area contributed by atoms with Crippen LogP contribution in [0.1, 0.15) is 44.1 Å². The Hall–Kier alpha value is -4.56. The molecule has 8 nitrogen and oxygen atoms in total. The highest BCUT2D eigenvalue weighted by Crippen LogP contribution is 2.38. The predicted octanol–water partition coefficient (Wildman–Crippen LogP) is 6.50. The average molecular weight is 587 g/mol. The first-order chi connectivity index (χ1) is 21.5. The molecule has 1 atom stereocenters. The van der Waals surface area contributed by atoms with Crippen molar-refractivity contribution < 1.29 is 9.53 Å². The van der Waals surface area contributed by atoms with Gasteiger partial charge in [0.1, 0.15) is 11.3 Å². The van der Waals surface area contributed by atoms with Gasteiger partial charge in [-0.05, 0) is 80.5 Å². The number of carbonyl (C=O) groups is 1. The van der Waals surface area contributed by atoms with Crippen LogP contribution in [0.15, 0.2) is 85.1 Å². The number of rotatable bonds is 7. The van der Waals surface area contributed by atoms with Crippen LogP contribution in [0, 0.1) is 11.8 Å². The summed E-state index contributed by atoms with van der Waals surface area (Å²) in [4.78, 5) is 28.9. The van der Waals surface area contributed by atoms with Gasteiger partial charge in [-0.2, -0.15) is 0 Å². The summed E-state index contributed by atoms with van der Waals surface area (Å²) >= 11 is 0. The standard InChI is InChI=1S/C36H38N6O2/c1-23(24-10-12-27(13-11-24)36(43)44-2)41-21-28(22-41)25-14-16-29(17-15-25)42-34(30-9-6-20-38-33(30)37)40-32-19-18-31(39-35(32)42)26-7-4-3-5-8-26/h3-9,14-20,23-24,27-28H,10-13,21-22H2,1-2H3,(H2,37,38)/t23-,24?,27?/m1/s1. The van der Waals surface area contributed by atoms with Gasteiger partial charge in [0.25, 0.3) is 0 Å². The van der Waals surface area contributed by atoms with E-state index in [0.717, 1.165) is 78.3 Å². The second kappa shape index (κ2) is 11.8. The molecule has 4 heterocycles. The van der Waals surface area contributed by atoms with Crippen LogP contribution in [0.3, 0.4) is 0 Å². The highest BCUT2D eigenvalue weighted by molar-refractivity contribution is 5.84. The summed E-state index contributed by atoms with van der Waals surface area (Å²) in [6, 6.07) is 27.4. The normalized spacial score (nSPS) is 19.9. The molecule has 2 aliphatic rings. The second-order valence-corrected chi connectivity index (χ2v) is 12.2. The van der Waals surface area contributed by atoms with E-state index in [4.69, 9.17) is 20.4 Å². The van der Waals surface area contributed by atoms with Crippen molar-refractivity contribution >= 4 is 23.0 Å². The minimum Gasteiger partial charge on any atom is -0.469 e. The van der Waals surface area contributed by atoms with E-state index in [1.807, 2.05) is 42.5 Å². The summed E-state index contributed by atoms with van der Waals surface area (Å²) in [5, 5.41) is 0. The topological polar surface area (TPSA) is 99.2 Å². The second-order valence-electron chi connectivity index (χ2n) is 12.2. The van der Waals surface area contributed by atoms with Crippen LogP contribution in [0.25, 0.3) is 39.5 Å². The Kier molecular flexibility index (Phi) is 7.60. The van der Waals surface area contributed by atoms with Gasteiger partial charge >= 0.3 is 5.97 Å². The summed E-state index contributed by atoms with van der Waals surface area (Å²) < 4.78 is 7.07. The number of ether oxygens (including phenoxy) is 1. The number of nitrogens with zero attached hydrogens (tertiary/aromatic N) is 5. The van der Waals surface area contributed by atoms with Crippen LogP contribution in [-0.4, -0.2) is 56.6 Å². The van der Waals surface area contributed by atoms with E-state index in [0.29, 0.717) is 23.7 Å². The lowest BCUT2D eigenvalue weighted by molar-refractivity contribution is -0.147. The van der Waals surface area contributed by atoms with Gasteiger partial charge < -0.3 is 10.5 Å². The van der Waals surface area contributed by atoms with Crippen LogP contribution in [0.2, 0.25) is 0 Å². The van der Waals surface area contributed by atoms with Gasteiger partial charge in [-0.15, -0.1) is 0 Å². The molecule has 3 aromatic heterocycles. The third-order valence-electron chi connectivity index (χ3n) is 9.75. The zero-order chi connectivity index (χ0) is 30.2. The Morgan fingerprint density at radius 1 is 0.909 bits per heavy atom. The first-order valence-corrected chi connectivity index (χ1v) is 15.6. The Labute approximate surface area is 257 Å². The number of carbonyl (C=O) groups excluding carboxylic acids is 1. The van der Waals surface area contributed by atoms with Crippen molar-refractivity contribution in [3.8, 4) is 28.3 Å². The van der Waals surface area contributed by atoms with E-state index >= 15 is 0 Å². The molecule has 44 heavy (non-hydrogen) atoms. The number of pyridine rings is 2. The minimum atomic E-state index is -0.0457. The molecule has 5 aromatic rings. The zero-order valence-corrected chi connectivity index (χ0v) is 25.3. The number of methoxy groups -OCH3 is 1. The van der Waals surface area contributed by atoms with Crippen molar-refractivity contribution in [3.05, 3.63) is 90.6 Å². The summed E-state index contributed by atoms with van der Waals surface area (Å²) in [5.41, 5.74) is 13.0. The third kappa shape index (κ3) is 5.24. The fraction of sp³-hybridized carbons (Fsp3) is 0.333. The lowest BCUT2D eigenvalue weighted by Crippen LogP contribution is -2.52. The Bertz CT molecular complexity index is 1770. The Morgan fingerprint density at radius 2 is 1.66 bits per heavy atom. The maximum Gasteiger partial charge on any atom is 0.308 e. The molecule has 224 valence electrons. The van der Waals surface area contributed by atoms with Crippen LogP contribution >= 0.6 is 0 Å². The summed E-state index contributed by atoms with van der Waals surface area (Å²) in [6.45, 7) is 4.48. The molecule has 0 unspecified atom stereocenters. The number of benzene rings is 2. The van der Waals surface area contributed by atoms with Gasteiger partial charge in [0.15, 0.2) is 11.5 Å². The van der Waals surface area contributed by atoms with Crippen LogP contribution in [0.5, 0.6) is 0 Å². The van der Waals surface area contributed by atoms with Crippen LogP contribution < -0.4 is 5.73 Å². The Morgan fingerprint density at radius 3 is 2.36 bits per heavy atom. The van der Waals surface area contributed by atoms with Crippen molar-refractivity contribution in [2.45, 2.75) is 44.6 Å². The Balaban J connectivity index is 1.13. The molecular formula is C36H38N6O2. The van der Waals surface area contributed by atoms with E-state index in [1.165, 1.54) is 12.7 Å². The van der Waals surface area contributed by atoms with Gasteiger partial charge in [-0.25, -0.2) is 15.0 Å². The number of nitrogen functional groups attached to an aromatic ring is 1. The summed E-state index contributed by atoms with van der Waals surface area (Å²) in [5.74, 6) is 2.34. The molecule has 8 heteroatoms. The van der Waals surface area contributed by atoms with Crippen molar-refractivity contribution in [2.24, 2.45) is 11.8 Å². The summed E-state index contributed by atoms with van der Waals surface area (Å²) in [6.07, 6.45) is 5.77.